The first kappa shape index (κ1) is 12.5. The Morgan fingerprint density at radius 2 is 2.17 bits per heavy atom. The van der Waals surface area contributed by atoms with Gasteiger partial charge in [-0.3, -0.25) is 4.79 Å². The van der Waals surface area contributed by atoms with Gasteiger partial charge in [0.25, 0.3) is 5.91 Å². The number of carbonyl (C=O) groups excluding carboxylic acids is 1. The smallest absolute Gasteiger partial charge is 0.263 e. The Bertz CT molecular complexity index is 426. The zero-order chi connectivity index (χ0) is 12.5. The van der Waals surface area contributed by atoms with E-state index in [2.05, 4.69) is 6.07 Å². The maximum absolute atomic E-state index is 12.4. The molecular weight excluding hydrogens is 264 g/mol. The molecule has 0 saturated carbocycles. The Morgan fingerprint density at radius 1 is 1.39 bits per heavy atom. The van der Waals surface area contributed by atoms with Gasteiger partial charge in [0, 0.05) is 29.8 Å². The van der Waals surface area contributed by atoms with Crippen molar-refractivity contribution in [1.29, 1.82) is 0 Å². The maximum Gasteiger partial charge on any atom is 0.263 e. The Balaban J connectivity index is 1.74. The lowest BCUT2D eigenvalue weighted by molar-refractivity contribution is 0.0719. The van der Waals surface area contributed by atoms with Gasteiger partial charge < -0.3 is 10.6 Å². The Morgan fingerprint density at radius 3 is 2.89 bits per heavy atom. The molecule has 0 bridgehead atoms. The van der Waals surface area contributed by atoms with Gasteiger partial charge in [0.2, 0.25) is 0 Å². The van der Waals surface area contributed by atoms with E-state index >= 15 is 0 Å². The van der Waals surface area contributed by atoms with Gasteiger partial charge in [0.15, 0.2) is 0 Å². The third-order valence-corrected chi connectivity index (χ3v) is 5.90. The number of thioether (sulfide) groups is 1. The van der Waals surface area contributed by atoms with Gasteiger partial charge in [-0.1, -0.05) is 0 Å². The van der Waals surface area contributed by atoms with Gasteiger partial charge in [-0.05, 0) is 36.6 Å². The second-order valence-electron chi connectivity index (χ2n) is 4.99. The summed E-state index contributed by atoms with van der Waals surface area (Å²) in [6, 6.07) is 2.39. The molecule has 2 aliphatic heterocycles. The van der Waals surface area contributed by atoms with Crippen LogP contribution in [0.3, 0.4) is 0 Å². The van der Waals surface area contributed by atoms with E-state index in [4.69, 9.17) is 5.73 Å². The molecular formula is C13H18N2OS2. The average molecular weight is 282 g/mol. The lowest BCUT2D eigenvalue weighted by atomic mass is 10.1. The molecule has 2 N–H and O–H groups in total. The fourth-order valence-electron chi connectivity index (χ4n) is 2.51. The molecule has 1 aromatic rings. The number of aryl methyl sites for hydroxylation is 1. The van der Waals surface area contributed by atoms with Crippen LogP contribution in [0.4, 0.5) is 0 Å². The highest BCUT2D eigenvalue weighted by Crippen LogP contribution is 2.32. The quantitative estimate of drug-likeness (QED) is 0.858. The van der Waals surface area contributed by atoms with Crippen molar-refractivity contribution < 1.29 is 4.79 Å². The lowest BCUT2D eigenvalue weighted by Crippen LogP contribution is -2.42. The zero-order valence-corrected chi connectivity index (χ0v) is 12.0. The SMILES string of the molecule is NC1CCN(C(=O)c2cc3c(s2)CCSC3)CC1. The molecule has 1 fully saturated rings. The van der Waals surface area contributed by atoms with Crippen molar-refractivity contribution >= 4 is 29.0 Å². The number of carbonyl (C=O) groups is 1. The zero-order valence-electron chi connectivity index (χ0n) is 10.4. The highest BCUT2D eigenvalue weighted by atomic mass is 32.2. The van der Waals surface area contributed by atoms with E-state index in [1.54, 1.807) is 11.3 Å². The fourth-order valence-corrected chi connectivity index (χ4v) is 4.85. The minimum Gasteiger partial charge on any atom is -0.338 e. The van der Waals surface area contributed by atoms with Gasteiger partial charge in [-0.25, -0.2) is 0 Å². The van der Waals surface area contributed by atoms with E-state index < -0.39 is 0 Å². The summed E-state index contributed by atoms with van der Waals surface area (Å²) in [6.07, 6.45) is 3.00. The van der Waals surface area contributed by atoms with E-state index in [-0.39, 0.29) is 11.9 Å². The normalized spacial score (nSPS) is 20.8. The summed E-state index contributed by atoms with van der Waals surface area (Å²) in [6.45, 7) is 1.63. The molecule has 0 atom stereocenters. The van der Waals surface area contributed by atoms with Gasteiger partial charge in [0.05, 0.1) is 4.88 Å². The van der Waals surface area contributed by atoms with E-state index in [1.165, 1.54) is 16.2 Å². The topological polar surface area (TPSA) is 46.3 Å². The van der Waals surface area contributed by atoms with Crippen LogP contribution in [0.1, 0.15) is 33.0 Å². The molecule has 0 aromatic carbocycles. The highest BCUT2D eigenvalue weighted by Gasteiger charge is 2.24. The lowest BCUT2D eigenvalue weighted by Gasteiger charge is -2.29. The standard InChI is InChI=1S/C13H18N2OS2/c14-10-1-4-15(5-2-10)13(16)12-7-9-8-17-6-3-11(9)18-12/h7,10H,1-6,8,14H2. The second kappa shape index (κ2) is 5.23. The van der Waals surface area contributed by atoms with Crippen molar-refractivity contribution in [2.45, 2.75) is 31.1 Å². The number of amides is 1. The Hall–Kier alpha value is -0.520. The summed E-state index contributed by atoms with van der Waals surface area (Å²) in [5.74, 6) is 2.48. The molecule has 0 aliphatic carbocycles. The molecule has 3 nitrogen and oxygen atoms in total. The number of rotatable bonds is 1. The number of hydrogen-bond donors (Lipinski definition) is 1. The third-order valence-electron chi connectivity index (χ3n) is 3.67. The molecule has 1 amide bonds. The Kier molecular flexibility index (Phi) is 3.63. The average Bonchev–Trinajstić information content (AvgIpc) is 2.82. The molecule has 5 heteroatoms. The number of thiophene rings is 1. The highest BCUT2D eigenvalue weighted by molar-refractivity contribution is 7.98. The predicted octanol–water partition coefficient (Wildman–Crippen LogP) is 2.10. The van der Waals surface area contributed by atoms with Crippen molar-refractivity contribution in [3.63, 3.8) is 0 Å². The minimum atomic E-state index is 0.214. The van der Waals surface area contributed by atoms with Gasteiger partial charge >= 0.3 is 0 Å². The molecule has 0 radical (unpaired) electrons. The van der Waals surface area contributed by atoms with Crippen LogP contribution in [0.25, 0.3) is 0 Å². The molecule has 98 valence electrons. The van der Waals surface area contributed by atoms with Gasteiger partial charge in [-0.2, -0.15) is 11.8 Å². The summed E-state index contributed by atoms with van der Waals surface area (Å²) >= 11 is 3.67. The number of fused-ring (bicyclic) bond motifs is 1. The molecule has 1 saturated heterocycles. The first-order chi connectivity index (χ1) is 8.74. The summed E-state index contributed by atoms with van der Waals surface area (Å²) in [5, 5.41) is 0. The van der Waals surface area contributed by atoms with E-state index in [0.717, 1.165) is 43.0 Å². The number of likely N-dealkylation sites (tertiary alicyclic amines) is 1. The fraction of sp³-hybridized carbons (Fsp3) is 0.615. The van der Waals surface area contributed by atoms with Gasteiger partial charge in [-0.15, -0.1) is 11.3 Å². The molecule has 2 aliphatic rings. The maximum atomic E-state index is 12.4. The van der Waals surface area contributed by atoms with Crippen molar-refractivity contribution in [3.05, 3.63) is 21.4 Å². The summed E-state index contributed by atoms with van der Waals surface area (Å²) < 4.78 is 0. The predicted molar refractivity (Wildman–Crippen MR) is 77.3 cm³/mol. The van der Waals surface area contributed by atoms with E-state index in [0.29, 0.717) is 0 Å². The number of piperidine rings is 1. The van der Waals surface area contributed by atoms with Crippen LogP contribution in [0, 0.1) is 0 Å². The second-order valence-corrected chi connectivity index (χ2v) is 7.23. The largest absolute Gasteiger partial charge is 0.338 e. The molecule has 18 heavy (non-hydrogen) atoms. The van der Waals surface area contributed by atoms with Crippen LogP contribution < -0.4 is 5.73 Å². The Labute approximate surface area is 116 Å². The first-order valence-corrected chi connectivity index (χ1v) is 8.45. The van der Waals surface area contributed by atoms with Crippen LogP contribution in [0.2, 0.25) is 0 Å². The molecule has 0 spiro atoms. The van der Waals surface area contributed by atoms with E-state index in [9.17, 15) is 4.79 Å². The molecule has 3 heterocycles. The summed E-state index contributed by atoms with van der Waals surface area (Å²) in [5.41, 5.74) is 7.26. The summed E-state index contributed by atoms with van der Waals surface area (Å²) in [4.78, 5) is 16.7. The van der Waals surface area contributed by atoms with E-state index in [1.807, 2.05) is 16.7 Å². The number of hydrogen-bond acceptors (Lipinski definition) is 4. The molecule has 0 unspecified atom stereocenters. The van der Waals surface area contributed by atoms with Gasteiger partial charge in [0.1, 0.15) is 0 Å². The van der Waals surface area contributed by atoms with Crippen molar-refractivity contribution in [2.75, 3.05) is 18.8 Å². The van der Waals surface area contributed by atoms with Crippen LogP contribution in [-0.2, 0) is 12.2 Å². The van der Waals surface area contributed by atoms with Crippen molar-refractivity contribution in [3.8, 4) is 0 Å². The monoisotopic (exact) mass is 282 g/mol. The first-order valence-electron chi connectivity index (χ1n) is 6.48. The van der Waals surface area contributed by atoms with Crippen LogP contribution in [0.15, 0.2) is 6.07 Å². The molecule has 1 aromatic heterocycles. The van der Waals surface area contributed by atoms with Crippen LogP contribution in [-0.4, -0.2) is 35.7 Å². The van der Waals surface area contributed by atoms with Crippen molar-refractivity contribution in [1.82, 2.24) is 4.90 Å². The summed E-state index contributed by atoms with van der Waals surface area (Å²) in [7, 11) is 0. The van der Waals surface area contributed by atoms with Crippen molar-refractivity contribution in [2.24, 2.45) is 5.73 Å². The van der Waals surface area contributed by atoms with Crippen LogP contribution in [0.5, 0.6) is 0 Å². The number of nitrogens with two attached hydrogens (primary N) is 1. The minimum absolute atomic E-state index is 0.214. The number of nitrogens with zero attached hydrogens (tertiary/aromatic N) is 1. The molecule has 3 rings (SSSR count). The third kappa shape index (κ3) is 2.44. The van der Waals surface area contributed by atoms with Crippen LogP contribution >= 0.6 is 23.1 Å².